The predicted octanol–water partition coefficient (Wildman–Crippen LogP) is 2.44. The predicted molar refractivity (Wildman–Crippen MR) is 92.4 cm³/mol. The zero-order valence-corrected chi connectivity index (χ0v) is 13.6. The van der Waals surface area contributed by atoms with E-state index in [2.05, 4.69) is 10.4 Å². The van der Waals surface area contributed by atoms with Crippen LogP contribution in [-0.4, -0.2) is 28.8 Å². The van der Waals surface area contributed by atoms with Crippen molar-refractivity contribution in [1.82, 2.24) is 15.1 Å². The fourth-order valence-electron chi connectivity index (χ4n) is 2.43. The third kappa shape index (κ3) is 6.24. The summed E-state index contributed by atoms with van der Waals surface area (Å²) in [5.41, 5.74) is 7.61. The van der Waals surface area contributed by atoms with E-state index >= 15 is 0 Å². The highest BCUT2D eigenvalue weighted by molar-refractivity contribution is 5.75. The molecule has 0 saturated carbocycles. The summed E-state index contributed by atoms with van der Waals surface area (Å²) in [5.74, 6) is 0.133. The van der Waals surface area contributed by atoms with Gasteiger partial charge in [0.15, 0.2) is 0 Å². The highest BCUT2D eigenvalue weighted by Crippen LogP contribution is 2.08. The van der Waals surface area contributed by atoms with Crippen molar-refractivity contribution >= 4 is 5.91 Å². The lowest BCUT2D eigenvalue weighted by molar-refractivity contribution is -0.121. The molecule has 0 aliphatic carbocycles. The minimum Gasteiger partial charge on any atom is -0.356 e. The summed E-state index contributed by atoms with van der Waals surface area (Å²) in [7, 11) is 0. The minimum atomic E-state index is 0.133. The average Bonchev–Trinajstić information content (AvgIpc) is 3.04. The molecule has 5 heteroatoms. The van der Waals surface area contributed by atoms with E-state index in [4.69, 9.17) is 5.73 Å². The quantitative estimate of drug-likeness (QED) is 0.662. The Morgan fingerprint density at radius 1 is 1.13 bits per heavy atom. The van der Waals surface area contributed by atoms with Crippen molar-refractivity contribution < 1.29 is 4.79 Å². The van der Waals surface area contributed by atoms with E-state index in [1.54, 1.807) is 0 Å². The van der Waals surface area contributed by atoms with Crippen molar-refractivity contribution in [2.45, 2.75) is 38.5 Å². The van der Waals surface area contributed by atoms with Gasteiger partial charge >= 0.3 is 0 Å². The smallest absolute Gasteiger partial charge is 0.220 e. The molecule has 2 aromatic rings. The molecule has 1 amide bonds. The molecule has 0 unspecified atom stereocenters. The Bertz CT molecular complexity index is 580. The van der Waals surface area contributed by atoms with Gasteiger partial charge in [-0.15, -0.1) is 0 Å². The number of nitrogens with one attached hydrogen (secondary N) is 1. The SMILES string of the molecule is NCCCCCCC(=O)NCCc1cnn(-c2ccccc2)c1. The highest BCUT2D eigenvalue weighted by atomic mass is 16.1. The summed E-state index contributed by atoms with van der Waals surface area (Å²) in [4.78, 5) is 11.7. The Balaban J connectivity index is 1.65. The maximum atomic E-state index is 11.7. The number of carbonyl (C=O) groups excluding carboxylic acids is 1. The maximum absolute atomic E-state index is 11.7. The Hall–Kier alpha value is -2.14. The monoisotopic (exact) mass is 314 g/mol. The van der Waals surface area contributed by atoms with Crippen molar-refractivity contribution in [3.05, 3.63) is 48.3 Å². The van der Waals surface area contributed by atoms with Crippen LogP contribution in [0.4, 0.5) is 0 Å². The highest BCUT2D eigenvalue weighted by Gasteiger charge is 2.03. The van der Waals surface area contributed by atoms with Crippen LogP contribution in [0, 0.1) is 0 Å². The largest absolute Gasteiger partial charge is 0.356 e. The Labute approximate surface area is 137 Å². The second-order valence-electron chi connectivity index (χ2n) is 5.68. The lowest BCUT2D eigenvalue weighted by Gasteiger charge is -2.04. The maximum Gasteiger partial charge on any atom is 0.220 e. The number of unbranched alkanes of at least 4 members (excludes halogenated alkanes) is 3. The molecule has 0 saturated heterocycles. The van der Waals surface area contributed by atoms with E-state index in [0.29, 0.717) is 13.0 Å². The summed E-state index contributed by atoms with van der Waals surface area (Å²) < 4.78 is 1.86. The Kier molecular flexibility index (Phi) is 7.33. The van der Waals surface area contributed by atoms with E-state index in [0.717, 1.165) is 49.9 Å². The van der Waals surface area contributed by atoms with E-state index in [1.807, 2.05) is 47.4 Å². The van der Waals surface area contributed by atoms with Crippen LogP contribution in [0.5, 0.6) is 0 Å². The second-order valence-corrected chi connectivity index (χ2v) is 5.68. The van der Waals surface area contributed by atoms with Gasteiger partial charge < -0.3 is 11.1 Å². The molecule has 0 radical (unpaired) electrons. The van der Waals surface area contributed by atoms with Gasteiger partial charge in [-0.05, 0) is 43.5 Å². The number of carbonyl (C=O) groups is 1. The first-order chi connectivity index (χ1) is 11.3. The molecule has 1 heterocycles. The molecule has 2 rings (SSSR count). The summed E-state index contributed by atoms with van der Waals surface area (Å²) in [5, 5.41) is 7.33. The first kappa shape index (κ1) is 17.2. The number of aromatic nitrogens is 2. The van der Waals surface area contributed by atoms with Gasteiger partial charge in [0.05, 0.1) is 11.9 Å². The lowest BCUT2D eigenvalue weighted by Crippen LogP contribution is -2.25. The summed E-state index contributed by atoms with van der Waals surface area (Å²) in [6.45, 7) is 1.39. The number of rotatable bonds is 10. The number of nitrogens with zero attached hydrogens (tertiary/aromatic N) is 2. The molecule has 0 atom stereocenters. The Morgan fingerprint density at radius 3 is 2.70 bits per heavy atom. The molecular formula is C18H26N4O. The third-order valence-corrected chi connectivity index (χ3v) is 3.75. The minimum absolute atomic E-state index is 0.133. The van der Waals surface area contributed by atoms with Crippen molar-refractivity contribution in [2.75, 3.05) is 13.1 Å². The molecular weight excluding hydrogens is 288 g/mol. The van der Waals surface area contributed by atoms with Crippen LogP contribution in [0.3, 0.4) is 0 Å². The van der Waals surface area contributed by atoms with Crippen LogP contribution in [0.25, 0.3) is 5.69 Å². The molecule has 124 valence electrons. The molecule has 0 fully saturated rings. The molecule has 5 nitrogen and oxygen atoms in total. The van der Waals surface area contributed by atoms with E-state index in [-0.39, 0.29) is 5.91 Å². The number of hydrogen-bond donors (Lipinski definition) is 2. The normalized spacial score (nSPS) is 10.7. The first-order valence-electron chi connectivity index (χ1n) is 8.35. The molecule has 1 aromatic carbocycles. The van der Waals surface area contributed by atoms with Gasteiger partial charge in [-0.25, -0.2) is 4.68 Å². The zero-order chi connectivity index (χ0) is 16.3. The van der Waals surface area contributed by atoms with Gasteiger partial charge in [0, 0.05) is 19.2 Å². The Morgan fingerprint density at radius 2 is 1.91 bits per heavy atom. The first-order valence-corrected chi connectivity index (χ1v) is 8.35. The lowest BCUT2D eigenvalue weighted by atomic mass is 10.1. The summed E-state index contributed by atoms with van der Waals surface area (Å²) in [6, 6.07) is 10.0. The summed E-state index contributed by atoms with van der Waals surface area (Å²) in [6.07, 6.45) is 9.45. The van der Waals surface area contributed by atoms with Gasteiger partial charge in [-0.1, -0.05) is 31.0 Å². The van der Waals surface area contributed by atoms with Gasteiger partial charge in [0.25, 0.3) is 0 Å². The number of para-hydroxylation sites is 1. The van der Waals surface area contributed by atoms with Gasteiger partial charge in [0.1, 0.15) is 0 Å². The van der Waals surface area contributed by atoms with Crippen LogP contribution in [-0.2, 0) is 11.2 Å². The number of benzene rings is 1. The van der Waals surface area contributed by atoms with E-state index < -0.39 is 0 Å². The van der Waals surface area contributed by atoms with Crippen molar-refractivity contribution in [1.29, 1.82) is 0 Å². The van der Waals surface area contributed by atoms with Crippen molar-refractivity contribution in [2.24, 2.45) is 5.73 Å². The van der Waals surface area contributed by atoms with Crippen LogP contribution in [0.2, 0.25) is 0 Å². The van der Waals surface area contributed by atoms with Crippen LogP contribution in [0.15, 0.2) is 42.7 Å². The fourth-order valence-corrected chi connectivity index (χ4v) is 2.43. The third-order valence-electron chi connectivity index (χ3n) is 3.75. The van der Waals surface area contributed by atoms with Gasteiger partial charge in [0.2, 0.25) is 5.91 Å². The molecule has 0 aliphatic rings. The number of nitrogens with two attached hydrogens (primary N) is 1. The average molecular weight is 314 g/mol. The molecule has 23 heavy (non-hydrogen) atoms. The van der Waals surface area contributed by atoms with E-state index in [1.165, 1.54) is 0 Å². The van der Waals surface area contributed by atoms with Gasteiger partial charge in [-0.2, -0.15) is 5.10 Å². The number of hydrogen-bond acceptors (Lipinski definition) is 3. The van der Waals surface area contributed by atoms with Crippen LogP contribution < -0.4 is 11.1 Å². The van der Waals surface area contributed by atoms with Crippen molar-refractivity contribution in [3.8, 4) is 5.69 Å². The topological polar surface area (TPSA) is 72.9 Å². The fraction of sp³-hybridized carbons (Fsp3) is 0.444. The standard InChI is InChI=1S/C18H26N4O/c19-12-7-2-1-6-10-18(23)20-13-11-16-14-21-22(15-16)17-8-4-3-5-9-17/h3-5,8-9,14-15H,1-2,6-7,10-13,19H2,(H,20,23). The zero-order valence-electron chi connectivity index (χ0n) is 13.6. The summed E-state index contributed by atoms with van der Waals surface area (Å²) >= 11 is 0. The molecule has 3 N–H and O–H groups in total. The number of amides is 1. The van der Waals surface area contributed by atoms with Crippen molar-refractivity contribution in [3.63, 3.8) is 0 Å². The van der Waals surface area contributed by atoms with Crippen LogP contribution >= 0.6 is 0 Å². The molecule has 0 bridgehead atoms. The van der Waals surface area contributed by atoms with Crippen LogP contribution in [0.1, 0.15) is 37.7 Å². The van der Waals surface area contributed by atoms with Gasteiger partial charge in [-0.3, -0.25) is 4.79 Å². The second kappa shape index (κ2) is 9.79. The molecule has 0 spiro atoms. The molecule has 1 aromatic heterocycles. The van der Waals surface area contributed by atoms with E-state index in [9.17, 15) is 4.79 Å². The molecule has 0 aliphatic heterocycles.